The van der Waals surface area contributed by atoms with Gasteiger partial charge < -0.3 is 17.0 Å². The first kappa shape index (κ1) is 8.38. The van der Waals surface area contributed by atoms with Crippen molar-refractivity contribution in [3.63, 3.8) is 0 Å². The zero-order valence-electron chi connectivity index (χ0n) is 6.05. The van der Waals surface area contributed by atoms with Gasteiger partial charge in [0, 0.05) is 12.5 Å². The summed E-state index contributed by atoms with van der Waals surface area (Å²) in [5, 5.41) is 0. The van der Waals surface area contributed by atoms with E-state index in [9.17, 15) is 0 Å². The summed E-state index contributed by atoms with van der Waals surface area (Å²) in [7, 11) is 0. The van der Waals surface area contributed by atoms with Crippen LogP contribution in [0.2, 0.25) is 0 Å². The second kappa shape index (κ2) is 3.61. The summed E-state index contributed by atoms with van der Waals surface area (Å²) in [5.74, 6) is 0. The van der Waals surface area contributed by atoms with Gasteiger partial charge in [0.25, 0.3) is 0 Å². The van der Waals surface area contributed by atoms with Crippen molar-refractivity contribution in [1.29, 1.82) is 0 Å². The minimum absolute atomic E-state index is 0. The molecular weight excluding hydrogens is 202 g/mol. The standard InChI is InChI=1S/C9H8N.BrH/c1-2-4-9-7-10-6-5-8(9)3-1;/h1-4H,5-6H2;1H/q+1;/p-1. The number of aliphatic imine (C=N–C) groups is 1. The first-order valence-electron chi connectivity index (χ1n) is 3.47. The number of hydrogen-bond donors (Lipinski definition) is 0. The number of hydrogen-bond acceptors (Lipinski definition) is 1. The lowest BCUT2D eigenvalue weighted by molar-refractivity contribution is -0.00000199. The molecule has 0 atom stereocenters. The molecule has 0 aromatic heterocycles. The number of fused-ring (bicyclic) bond motifs is 1. The summed E-state index contributed by atoms with van der Waals surface area (Å²) in [6.45, 7) is 0.900. The fraction of sp³-hybridized carbons (Fsp3) is 0.222. The Morgan fingerprint density at radius 3 is 2.91 bits per heavy atom. The lowest BCUT2D eigenvalue weighted by Gasteiger charge is -1.96. The molecule has 1 aromatic rings. The third-order valence-corrected chi connectivity index (χ3v) is 1.71. The molecule has 0 saturated heterocycles. The molecule has 2 rings (SSSR count). The Balaban J connectivity index is 0.000000605. The van der Waals surface area contributed by atoms with Crippen LogP contribution < -0.4 is 17.0 Å². The predicted octanol–water partition coefficient (Wildman–Crippen LogP) is -1.46. The summed E-state index contributed by atoms with van der Waals surface area (Å²) in [6, 6.07) is 8.27. The Morgan fingerprint density at radius 1 is 1.27 bits per heavy atom. The molecule has 0 unspecified atom stereocenters. The minimum atomic E-state index is 0. The third kappa shape index (κ3) is 1.65. The number of halogens is 1. The highest BCUT2D eigenvalue weighted by Crippen LogP contribution is 2.10. The van der Waals surface area contributed by atoms with E-state index in [-0.39, 0.29) is 17.0 Å². The van der Waals surface area contributed by atoms with Gasteiger partial charge >= 0.3 is 0 Å². The fourth-order valence-electron chi connectivity index (χ4n) is 1.16. The third-order valence-electron chi connectivity index (χ3n) is 1.71. The van der Waals surface area contributed by atoms with Crippen LogP contribution in [-0.4, -0.2) is 12.8 Å². The van der Waals surface area contributed by atoms with E-state index < -0.39 is 0 Å². The molecule has 0 amide bonds. The zero-order valence-corrected chi connectivity index (χ0v) is 7.63. The molecule has 0 fully saturated rings. The molecule has 1 aliphatic rings. The lowest BCUT2D eigenvalue weighted by atomic mass is 10.0. The maximum atomic E-state index is 4.07. The Kier molecular flexibility index (Phi) is 2.75. The molecule has 0 radical (unpaired) electrons. The van der Waals surface area contributed by atoms with Gasteiger partial charge in [0.05, 0.1) is 18.2 Å². The van der Waals surface area contributed by atoms with Crippen molar-refractivity contribution in [2.24, 2.45) is 4.99 Å². The van der Waals surface area contributed by atoms with Gasteiger partial charge in [-0.05, 0) is 12.1 Å². The highest BCUT2D eigenvalue weighted by Gasteiger charge is 2.12. The average molecular weight is 210 g/mol. The van der Waals surface area contributed by atoms with Crippen molar-refractivity contribution in [2.45, 2.75) is 6.42 Å². The highest BCUT2D eigenvalue weighted by atomic mass is 79.9. The van der Waals surface area contributed by atoms with Crippen LogP contribution in [0.3, 0.4) is 0 Å². The van der Waals surface area contributed by atoms with Crippen LogP contribution in [0, 0.1) is 0 Å². The van der Waals surface area contributed by atoms with Gasteiger partial charge in [0.2, 0.25) is 5.56 Å². The van der Waals surface area contributed by atoms with Gasteiger partial charge in [-0.1, -0.05) is 0 Å². The molecule has 0 spiro atoms. The van der Waals surface area contributed by atoms with E-state index >= 15 is 0 Å². The van der Waals surface area contributed by atoms with Crippen LogP contribution >= 0.6 is 0 Å². The van der Waals surface area contributed by atoms with E-state index in [2.05, 4.69) is 29.4 Å². The van der Waals surface area contributed by atoms with E-state index in [4.69, 9.17) is 0 Å². The van der Waals surface area contributed by atoms with Gasteiger partial charge in [-0.3, -0.25) is 0 Å². The molecule has 1 heterocycles. The smallest absolute Gasteiger partial charge is 0.212 e. The van der Waals surface area contributed by atoms with Crippen LogP contribution in [-0.2, 0) is 6.42 Å². The molecule has 1 aliphatic heterocycles. The fourth-order valence-corrected chi connectivity index (χ4v) is 1.16. The van der Waals surface area contributed by atoms with Crippen molar-refractivity contribution in [1.82, 2.24) is 0 Å². The zero-order chi connectivity index (χ0) is 6.81. The van der Waals surface area contributed by atoms with Crippen molar-refractivity contribution in [2.75, 3.05) is 6.54 Å². The maximum Gasteiger partial charge on any atom is 0.212 e. The van der Waals surface area contributed by atoms with Gasteiger partial charge in [0.1, 0.15) is 0 Å². The summed E-state index contributed by atoms with van der Waals surface area (Å²) in [5.41, 5.74) is 2.53. The maximum absolute atomic E-state index is 4.07. The molecule has 0 aliphatic carbocycles. The van der Waals surface area contributed by atoms with Crippen molar-refractivity contribution in [3.05, 3.63) is 35.4 Å². The first-order chi connectivity index (χ1) is 4.97. The molecule has 0 saturated carbocycles. The van der Waals surface area contributed by atoms with Crippen LogP contribution in [0.25, 0.3) is 0 Å². The molecule has 0 N–H and O–H groups in total. The van der Waals surface area contributed by atoms with E-state index in [1.165, 1.54) is 5.56 Å². The van der Waals surface area contributed by atoms with Gasteiger partial charge in [-0.25, -0.2) is 0 Å². The molecule has 56 valence electrons. The van der Waals surface area contributed by atoms with E-state index in [1.54, 1.807) is 0 Å². The Labute approximate surface area is 76.9 Å². The Hall–Kier alpha value is -0.720. The van der Waals surface area contributed by atoms with Crippen molar-refractivity contribution in [3.8, 4) is 0 Å². The number of benzene rings is 1. The second-order valence-electron chi connectivity index (χ2n) is 2.40. The lowest BCUT2D eigenvalue weighted by Crippen LogP contribution is -3.00. The minimum Gasteiger partial charge on any atom is -1.00 e. The Morgan fingerprint density at radius 2 is 2.09 bits per heavy atom. The highest BCUT2D eigenvalue weighted by molar-refractivity contribution is 5.82. The number of nitrogens with zero attached hydrogens (tertiary/aromatic N) is 1. The predicted molar refractivity (Wildman–Crippen MR) is 41.6 cm³/mol. The van der Waals surface area contributed by atoms with Gasteiger partial charge in [-0.2, -0.15) is 4.99 Å². The van der Waals surface area contributed by atoms with E-state index in [0.717, 1.165) is 18.5 Å². The molecular formula is C9H8BrN. The quantitative estimate of drug-likeness (QED) is 0.464. The second-order valence-corrected chi connectivity index (χ2v) is 2.40. The molecule has 1 aromatic carbocycles. The molecule has 11 heavy (non-hydrogen) atoms. The summed E-state index contributed by atoms with van der Waals surface area (Å²) >= 11 is 0. The van der Waals surface area contributed by atoms with Crippen LogP contribution in [0.4, 0.5) is 0 Å². The SMILES string of the molecule is [Br-].[C+]1=NCCc2ccccc21. The largest absolute Gasteiger partial charge is 1.00 e. The molecule has 0 bridgehead atoms. The summed E-state index contributed by atoms with van der Waals surface area (Å²) < 4.78 is 0. The van der Waals surface area contributed by atoms with E-state index in [1.807, 2.05) is 6.07 Å². The number of rotatable bonds is 0. The monoisotopic (exact) mass is 209 g/mol. The molecule has 2 heteroatoms. The molecule has 1 nitrogen and oxygen atoms in total. The van der Waals surface area contributed by atoms with Crippen molar-refractivity contribution >= 4 is 6.21 Å². The first-order valence-corrected chi connectivity index (χ1v) is 3.47. The summed E-state index contributed by atoms with van der Waals surface area (Å²) in [4.78, 5) is 4.07. The van der Waals surface area contributed by atoms with Crippen LogP contribution in [0.5, 0.6) is 0 Å². The van der Waals surface area contributed by atoms with Crippen LogP contribution in [0.15, 0.2) is 29.3 Å². The van der Waals surface area contributed by atoms with Crippen LogP contribution in [0.1, 0.15) is 11.1 Å². The normalized spacial score (nSPS) is 12.7. The Bertz CT molecular complexity index is 268. The average Bonchev–Trinajstić information content (AvgIpc) is 2.05. The summed E-state index contributed by atoms with van der Waals surface area (Å²) in [6.07, 6.45) is 4.06. The van der Waals surface area contributed by atoms with Gasteiger partial charge in [-0.15, -0.1) is 0 Å². The van der Waals surface area contributed by atoms with Crippen molar-refractivity contribution < 1.29 is 17.0 Å². The van der Waals surface area contributed by atoms with E-state index in [0.29, 0.717) is 0 Å². The topological polar surface area (TPSA) is 12.4 Å². The van der Waals surface area contributed by atoms with Gasteiger partial charge in [0.15, 0.2) is 6.21 Å².